The Labute approximate surface area is 241 Å². The molecule has 0 unspecified atom stereocenters. The van der Waals surface area contributed by atoms with Crippen LogP contribution in [0.3, 0.4) is 0 Å². The van der Waals surface area contributed by atoms with E-state index in [0.29, 0.717) is 34.2 Å². The van der Waals surface area contributed by atoms with Gasteiger partial charge in [0.25, 0.3) is 17.1 Å². The van der Waals surface area contributed by atoms with Gasteiger partial charge in [0.15, 0.2) is 18.1 Å². The van der Waals surface area contributed by atoms with E-state index in [1.54, 1.807) is 48.5 Å². The smallest absolute Gasteiger partial charge is 0.294 e. The summed E-state index contributed by atoms with van der Waals surface area (Å²) in [6.45, 7) is 3.21. The molecule has 0 bridgehead atoms. The standard InChI is InChI=1S/C30H29N3O7S/c1-18-9-11-21(13-19(18)2)31-27(34)16-33-29(36)26(41-30(33)37)15-20-10-12-24(25(14-20)39-4)40-17-28(35)32-22-7-5-6-8-23(22)38-3/h5-15H,16-17H2,1-4H3,(H,31,34)(H,32,35)/b26-15-. The number of nitrogens with one attached hydrogen (secondary N) is 2. The number of anilines is 2. The maximum Gasteiger partial charge on any atom is 0.294 e. The number of para-hydroxylation sites is 2. The third kappa shape index (κ3) is 7.25. The van der Waals surface area contributed by atoms with E-state index in [0.717, 1.165) is 27.8 Å². The normalized spacial score (nSPS) is 13.8. The van der Waals surface area contributed by atoms with Crippen molar-refractivity contribution in [2.75, 3.05) is 38.0 Å². The molecule has 1 aliphatic rings. The highest BCUT2D eigenvalue weighted by atomic mass is 32.2. The van der Waals surface area contributed by atoms with Crippen LogP contribution in [0.4, 0.5) is 16.2 Å². The summed E-state index contributed by atoms with van der Waals surface area (Å²) in [7, 11) is 2.96. The van der Waals surface area contributed by atoms with Crippen LogP contribution < -0.4 is 24.8 Å². The first-order valence-electron chi connectivity index (χ1n) is 12.5. The van der Waals surface area contributed by atoms with Gasteiger partial charge in [-0.2, -0.15) is 0 Å². The summed E-state index contributed by atoms with van der Waals surface area (Å²) in [6.07, 6.45) is 1.53. The van der Waals surface area contributed by atoms with Crippen molar-refractivity contribution in [1.29, 1.82) is 0 Å². The summed E-state index contributed by atoms with van der Waals surface area (Å²) in [5.74, 6) is -0.269. The average Bonchev–Trinajstić information content (AvgIpc) is 3.21. The predicted molar refractivity (Wildman–Crippen MR) is 157 cm³/mol. The van der Waals surface area contributed by atoms with Crippen LogP contribution in [-0.4, -0.2) is 55.2 Å². The van der Waals surface area contributed by atoms with Crippen LogP contribution >= 0.6 is 11.8 Å². The number of carbonyl (C=O) groups excluding carboxylic acids is 4. The van der Waals surface area contributed by atoms with Gasteiger partial charge >= 0.3 is 0 Å². The van der Waals surface area contributed by atoms with Crippen molar-refractivity contribution in [1.82, 2.24) is 4.90 Å². The fraction of sp³-hybridized carbons (Fsp3) is 0.200. The van der Waals surface area contributed by atoms with Gasteiger partial charge in [0.2, 0.25) is 5.91 Å². The van der Waals surface area contributed by atoms with E-state index in [-0.39, 0.29) is 11.5 Å². The van der Waals surface area contributed by atoms with Gasteiger partial charge in [-0.1, -0.05) is 24.3 Å². The molecule has 2 N–H and O–H groups in total. The minimum absolute atomic E-state index is 0.167. The molecule has 0 aliphatic carbocycles. The molecular formula is C30H29N3O7S. The highest BCUT2D eigenvalue weighted by Gasteiger charge is 2.36. The lowest BCUT2D eigenvalue weighted by Gasteiger charge is -2.13. The minimum Gasteiger partial charge on any atom is -0.495 e. The predicted octanol–water partition coefficient (Wildman–Crippen LogP) is 5.01. The lowest BCUT2D eigenvalue weighted by molar-refractivity contribution is -0.127. The number of benzene rings is 3. The van der Waals surface area contributed by atoms with Gasteiger partial charge < -0.3 is 24.8 Å². The topological polar surface area (TPSA) is 123 Å². The van der Waals surface area contributed by atoms with E-state index in [2.05, 4.69) is 10.6 Å². The molecular weight excluding hydrogens is 546 g/mol. The van der Waals surface area contributed by atoms with E-state index < -0.39 is 29.5 Å². The minimum atomic E-state index is -0.567. The zero-order valence-corrected chi connectivity index (χ0v) is 23.8. The summed E-state index contributed by atoms with van der Waals surface area (Å²) in [4.78, 5) is 51.5. The maximum absolute atomic E-state index is 12.9. The van der Waals surface area contributed by atoms with Crippen molar-refractivity contribution in [3.63, 3.8) is 0 Å². The van der Waals surface area contributed by atoms with Crippen molar-refractivity contribution >= 4 is 52.2 Å². The van der Waals surface area contributed by atoms with Crippen molar-refractivity contribution in [3.8, 4) is 17.2 Å². The molecule has 3 aromatic rings. The first kappa shape index (κ1) is 29.2. The van der Waals surface area contributed by atoms with Gasteiger partial charge in [-0.15, -0.1) is 0 Å². The Kier molecular flexibility index (Phi) is 9.30. The highest BCUT2D eigenvalue weighted by molar-refractivity contribution is 8.18. The second-order valence-corrected chi connectivity index (χ2v) is 10.1. The maximum atomic E-state index is 12.9. The molecule has 10 nitrogen and oxygen atoms in total. The number of nitrogens with zero attached hydrogens (tertiary/aromatic N) is 1. The molecule has 0 radical (unpaired) electrons. The summed E-state index contributed by atoms with van der Waals surface area (Å²) in [5, 5.41) is 4.92. The monoisotopic (exact) mass is 575 g/mol. The fourth-order valence-electron chi connectivity index (χ4n) is 3.92. The number of carbonyl (C=O) groups is 4. The molecule has 1 saturated heterocycles. The third-order valence-electron chi connectivity index (χ3n) is 6.19. The fourth-order valence-corrected chi connectivity index (χ4v) is 4.76. The molecule has 3 aromatic carbocycles. The van der Waals surface area contributed by atoms with Crippen LogP contribution in [0, 0.1) is 13.8 Å². The van der Waals surface area contributed by atoms with E-state index in [4.69, 9.17) is 14.2 Å². The zero-order chi connectivity index (χ0) is 29.5. The number of imide groups is 1. The number of aryl methyl sites for hydroxylation is 2. The molecule has 0 aromatic heterocycles. The van der Waals surface area contributed by atoms with E-state index in [9.17, 15) is 19.2 Å². The first-order valence-corrected chi connectivity index (χ1v) is 13.4. The molecule has 1 heterocycles. The number of thioether (sulfide) groups is 1. The number of ether oxygens (including phenoxy) is 3. The Bertz CT molecular complexity index is 1540. The van der Waals surface area contributed by atoms with E-state index in [1.165, 1.54) is 20.3 Å². The van der Waals surface area contributed by atoms with E-state index in [1.807, 2.05) is 26.0 Å². The molecule has 0 atom stereocenters. The molecule has 0 saturated carbocycles. The van der Waals surface area contributed by atoms with Crippen molar-refractivity contribution in [2.45, 2.75) is 13.8 Å². The number of methoxy groups -OCH3 is 2. The molecule has 41 heavy (non-hydrogen) atoms. The molecule has 4 rings (SSSR count). The molecule has 11 heteroatoms. The highest BCUT2D eigenvalue weighted by Crippen LogP contribution is 2.34. The molecule has 1 fully saturated rings. The number of hydrogen-bond acceptors (Lipinski definition) is 8. The largest absolute Gasteiger partial charge is 0.495 e. The van der Waals surface area contributed by atoms with Crippen LogP contribution in [0.2, 0.25) is 0 Å². The Morgan fingerprint density at radius 3 is 2.34 bits per heavy atom. The Morgan fingerprint density at radius 1 is 0.854 bits per heavy atom. The van der Waals surface area contributed by atoms with Gasteiger partial charge in [-0.25, -0.2) is 0 Å². The third-order valence-corrected chi connectivity index (χ3v) is 7.10. The van der Waals surface area contributed by atoms with Crippen LogP contribution in [0.5, 0.6) is 17.2 Å². The van der Waals surface area contributed by atoms with Gasteiger partial charge in [0.1, 0.15) is 12.3 Å². The van der Waals surface area contributed by atoms with E-state index >= 15 is 0 Å². The van der Waals surface area contributed by atoms with Crippen molar-refractivity contribution in [3.05, 3.63) is 82.3 Å². The average molecular weight is 576 g/mol. The van der Waals surface area contributed by atoms with Crippen LogP contribution in [0.25, 0.3) is 6.08 Å². The molecule has 0 spiro atoms. The second-order valence-electron chi connectivity index (χ2n) is 9.06. The summed E-state index contributed by atoms with van der Waals surface area (Å²) < 4.78 is 16.3. The Morgan fingerprint density at radius 2 is 1.61 bits per heavy atom. The summed E-state index contributed by atoms with van der Waals surface area (Å²) in [6, 6.07) is 17.4. The number of amides is 4. The van der Waals surface area contributed by atoms with Gasteiger partial charge in [0, 0.05) is 5.69 Å². The Balaban J connectivity index is 1.38. The van der Waals surface area contributed by atoms with Gasteiger partial charge in [-0.05, 0) is 84.8 Å². The zero-order valence-electron chi connectivity index (χ0n) is 23.0. The summed E-state index contributed by atoms with van der Waals surface area (Å²) >= 11 is 0.748. The van der Waals surface area contributed by atoms with Crippen LogP contribution in [-0.2, 0) is 14.4 Å². The quantitative estimate of drug-likeness (QED) is 0.324. The lowest BCUT2D eigenvalue weighted by atomic mass is 10.1. The van der Waals surface area contributed by atoms with Gasteiger partial charge in [-0.3, -0.25) is 24.1 Å². The van der Waals surface area contributed by atoms with Crippen molar-refractivity contribution in [2.24, 2.45) is 0 Å². The van der Waals surface area contributed by atoms with Crippen LogP contribution in [0.15, 0.2) is 65.6 Å². The van der Waals surface area contributed by atoms with Crippen molar-refractivity contribution < 1.29 is 33.4 Å². The summed E-state index contributed by atoms with van der Waals surface area (Å²) in [5.41, 5.74) is 3.78. The Hall–Kier alpha value is -4.77. The molecule has 1 aliphatic heterocycles. The van der Waals surface area contributed by atoms with Crippen LogP contribution in [0.1, 0.15) is 16.7 Å². The lowest BCUT2D eigenvalue weighted by Crippen LogP contribution is -2.36. The van der Waals surface area contributed by atoms with Gasteiger partial charge in [0.05, 0.1) is 24.8 Å². The SMILES string of the molecule is COc1ccccc1NC(=O)COc1ccc(/C=C2\SC(=O)N(CC(=O)Nc3ccc(C)c(C)c3)C2=O)cc1OC. The first-order chi connectivity index (χ1) is 19.7. The second kappa shape index (κ2) is 13.1. The number of rotatable bonds is 10. The number of hydrogen-bond donors (Lipinski definition) is 2. The molecule has 4 amide bonds. The molecule has 212 valence electrons.